The molecule has 3 aromatic carbocycles. The topological polar surface area (TPSA) is 101 Å². The normalized spacial score (nSPS) is 11.3. The Morgan fingerprint density at radius 2 is 1.68 bits per heavy atom. The summed E-state index contributed by atoms with van der Waals surface area (Å²) in [6.45, 7) is 5.39. The minimum Gasteiger partial charge on any atom is -0.441 e. The summed E-state index contributed by atoms with van der Waals surface area (Å²) in [6, 6.07) is 16.2. The van der Waals surface area contributed by atoms with Crippen LogP contribution in [0.4, 0.5) is 15.8 Å². The van der Waals surface area contributed by atoms with Gasteiger partial charge in [-0.05, 0) is 80.9 Å². The smallest absolute Gasteiger partial charge is 0.261 e. The minimum absolute atomic E-state index is 0.0907. The number of anilines is 2. The zero-order valence-corrected chi connectivity index (χ0v) is 19.5. The number of sulfonamides is 1. The summed E-state index contributed by atoms with van der Waals surface area (Å²) in [5.74, 6) is 0.220. The predicted molar refractivity (Wildman–Crippen MR) is 128 cm³/mol. The molecular formula is C25H22FN3O4S. The van der Waals surface area contributed by atoms with Crippen LogP contribution < -0.4 is 10.0 Å². The number of hydrogen-bond acceptors (Lipinski definition) is 5. The van der Waals surface area contributed by atoms with Crippen LogP contribution in [-0.4, -0.2) is 19.3 Å². The van der Waals surface area contributed by atoms with Crippen LogP contribution in [0, 0.1) is 26.6 Å². The van der Waals surface area contributed by atoms with Crippen LogP contribution in [0.5, 0.6) is 0 Å². The molecule has 9 heteroatoms. The van der Waals surface area contributed by atoms with Gasteiger partial charge in [0.25, 0.3) is 15.9 Å². The third-order valence-corrected chi connectivity index (χ3v) is 6.64. The maximum Gasteiger partial charge on any atom is 0.261 e. The van der Waals surface area contributed by atoms with Crippen molar-refractivity contribution in [2.75, 3.05) is 10.0 Å². The fourth-order valence-electron chi connectivity index (χ4n) is 3.27. The first kappa shape index (κ1) is 23.2. The number of hydrogen-bond donors (Lipinski definition) is 2. The first-order valence-electron chi connectivity index (χ1n) is 10.4. The molecule has 0 atom stereocenters. The number of benzene rings is 3. The lowest BCUT2D eigenvalue weighted by atomic mass is 10.1. The van der Waals surface area contributed by atoms with Crippen LogP contribution in [0.1, 0.15) is 27.4 Å². The molecule has 0 aliphatic carbocycles. The van der Waals surface area contributed by atoms with Crippen LogP contribution in [0.3, 0.4) is 0 Å². The number of rotatable bonds is 6. The Kier molecular flexibility index (Phi) is 6.21. The van der Waals surface area contributed by atoms with Gasteiger partial charge in [0.05, 0.1) is 10.6 Å². The summed E-state index contributed by atoms with van der Waals surface area (Å²) in [5.41, 5.74) is 3.01. The number of nitrogens with zero attached hydrogens (tertiary/aromatic N) is 1. The standard InChI is InChI=1S/C25H22FN3O4S/c1-15-7-12-22(34(31,32)29-20-10-8-19(26)9-11-20)14-23(15)24(30)28-21-6-4-5-18(13-21)25-27-16(2)17(3)33-25/h4-14,29H,1-3H3,(H,28,30). The first-order valence-corrected chi connectivity index (χ1v) is 11.9. The van der Waals surface area contributed by atoms with Gasteiger partial charge in [0.1, 0.15) is 11.6 Å². The predicted octanol–water partition coefficient (Wildman–Crippen LogP) is 5.46. The van der Waals surface area contributed by atoms with Crippen LogP contribution in [0.2, 0.25) is 0 Å². The van der Waals surface area contributed by atoms with Gasteiger partial charge in [-0.15, -0.1) is 0 Å². The molecule has 0 unspecified atom stereocenters. The number of carbonyl (C=O) groups is 1. The fraction of sp³-hybridized carbons (Fsp3) is 0.120. The number of aryl methyl sites for hydroxylation is 3. The van der Waals surface area contributed by atoms with Crippen molar-refractivity contribution in [1.82, 2.24) is 4.98 Å². The molecule has 0 bridgehead atoms. The summed E-state index contributed by atoms with van der Waals surface area (Å²) in [4.78, 5) is 17.3. The molecule has 34 heavy (non-hydrogen) atoms. The molecule has 2 N–H and O–H groups in total. The van der Waals surface area contributed by atoms with Gasteiger partial charge in [0, 0.05) is 22.5 Å². The molecule has 0 saturated heterocycles. The summed E-state index contributed by atoms with van der Waals surface area (Å²) in [5, 5.41) is 2.80. The highest BCUT2D eigenvalue weighted by atomic mass is 32.2. The maximum atomic E-state index is 13.1. The van der Waals surface area contributed by atoms with Gasteiger partial charge in [-0.3, -0.25) is 9.52 Å². The van der Waals surface area contributed by atoms with E-state index in [0.29, 0.717) is 28.5 Å². The number of carbonyl (C=O) groups excluding carboxylic acids is 1. The van der Waals surface area contributed by atoms with Crippen LogP contribution >= 0.6 is 0 Å². The molecule has 0 spiro atoms. The molecular weight excluding hydrogens is 457 g/mol. The van der Waals surface area contributed by atoms with Crippen molar-refractivity contribution in [1.29, 1.82) is 0 Å². The average Bonchev–Trinajstić information content (AvgIpc) is 3.14. The van der Waals surface area contributed by atoms with Crippen LogP contribution in [0.25, 0.3) is 11.5 Å². The number of aromatic nitrogens is 1. The molecule has 0 radical (unpaired) electrons. The minimum atomic E-state index is -3.99. The average molecular weight is 480 g/mol. The molecule has 7 nitrogen and oxygen atoms in total. The van der Waals surface area contributed by atoms with E-state index in [0.717, 1.165) is 17.8 Å². The molecule has 4 rings (SSSR count). The molecule has 174 valence electrons. The highest BCUT2D eigenvalue weighted by Crippen LogP contribution is 2.25. The van der Waals surface area contributed by atoms with E-state index in [4.69, 9.17) is 4.42 Å². The summed E-state index contributed by atoms with van der Waals surface area (Å²) in [7, 11) is -3.99. The highest BCUT2D eigenvalue weighted by Gasteiger charge is 2.19. The fourth-order valence-corrected chi connectivity index (χ4v) is 4.35. The second-order valence-corrected chi connectivity index (χ2v) is 9.47. The largest absolute Gasteiger partial charge is 0.441 e. The van der Waals surface area contributed by atoms with E-state index < -0.39 is 21.7 Å². The quantitative estimate of drug-likeness (QED) is 0.382. The SMILES string of the molecule is Cc1ccc(S(=O)(=O)Nc2ccc(F)cc2)cc1C(=O)Nc1cccc(-c2nc(C)c(C)o2)c1. The lowest BCUT2D eigenvalue weighted by molar-refractivity contribution is 0.102. The lowest BCUT2D eigenvalue weighted by Gasteiger charge is -2.12. The monoisotopic (exact) mass is 479 g/mol. The van der Waals surface area contributed by atoms with Crippen molar-refractivity contribution in [3.05, 3.63) is 95.1 Å². The first-order chi connectivity index (χ1) is 16.1. The number of amides is 1. The van der Waals surface area contributed by atoms with Gasteiger partial charge in [0.15, 0.2) is 0 Å². The second-order valence-electron chi connectivity index (χ2n) is 7.78. The van der Waals surface area contributed by atoms with Crippen molar-refractivity contribution in [3.8, 4) is 11.5 Å². The Morgan fingerprint density at radius 3 is 2.35 bits per heavy atom. The molecule has 1 aromatic heterocycles. The maximum absolute atomic E-state index is 13.1. The van der Waals surface area contributed by atoms with E-state index in [2.05, 4.69) is 15.0 Å². The Morgan fingerprint density at radius 1 is 0.941 bits per heavy atom. The van der Waals surface area contributed by atoms with Crippen molar-refractivity contribution in [3.63, 3.8) is 0 Å². The molecule has 0 saturated carbocycles. The van der Waals surface area contributed by atoms with Crippen molar-refractivity contribution < 1.29 is 22.0 Å². The zero-order valence-electron chi connectivity index (χ0n) is 18.7. The van der Waals surface area contributed by atoms with E-state index in [9.17, 15) is 17.6 Å². The Hall–Kier alpha value is -3.98. The molecule has 0 fully saturated rings. The van der Waals surface area contributed by atoms with E-state index in [1.54, 1.807) is 31.2 Å². The Labute approximate surface area is 196 Å². The summed E-state index contributed by atoms with van der Waals surface area (Å²) in [6.07, 6.45) is 0. The molecule has 0 aliphatic heterocycles. The van der Waals surface area contributed by atoms with E-state index in [1.165, 1.54) is 24.3 Å². The summed E-state index contributed by atoms with van der Waals surface area (Å²) < 4.78 is 46.8. The van der Waals surface area contributed by atoms with Gasteiger partial charge in [0.2, 0.25) is 5.89 Å². The van der Waals surface area contributed by atoms with Crippen LogP contribution in [0.15, 0.2) is 76.0 Å². The molecule has 0 aliphatic rings. The van der Waals surface area contributed by atoms with Gasteiger partial charge in [-0.1, -0.05) is 12.1 Å². The van der Waals surface area contributed by atoms with Gasteiger partial charge >= 0.3 is 0 Å². The third-order valence-electron chi connectivity index (χ3n) is 5.26. The van der Waals surface area contributed by atoms with E-state index in [-0.39, 0.29) is 16.1 Å². The molecule has 1 amide bonds. The lowest BCUT2D eigenvalue weighted by Crippen LogP contribution is -2.17. The van der Waals surface area contributed by atoms with Gasteiger partial charge in [-0.25, -0.2) is 17.8 Å². The number of halogens is 1. The van der Waals surface area contributed by atoms with E-state index in [1.807, 2.05) is 19.9 Å². The van der Waals surface area contributed by atoms with Crippen molar-refractivity contribution in [2.24, 2.45) is 0 Å². The third kappa shape index (κ3) is 4.99. The highest BCUT2D eigenvalue weighted by molar-refractivity contribution is 7.92. The Balaban J connectivity index is 1.58. The molecule has 1 heterocycles. The van der Waals surface area contributed by atoms with E-state index >= 15 is 0 Å². The molecule has 4 aromatic rings. The van der Waals surface area contributed by atoms with Crippen molar-refractivity contribution in [2.45, 2.75) is 25.7 Å². The van der Waals surface area contributed by atoms with Gasteiger partial charge in [-0.2, -0.15) is 0 Å². The number of nitrogens with one attached hydrogen (secondary N) is 2. The zero-order chi connectivity index (χ0) is 24.5. The number of oxazole rings is 1. The second kappa shape index (κ2) is 9.11. The van der Waals surface area contributed by atoms with Crippen LogP contribution in [-0.2, 0) is 10.0 Å². The Bertz CT molecular complexity index is 1460. The van der Waals surface area contributed by atoms with Gasteiger partial charge < -0.3 is 9.73 Å². The van der Waals surface area contributed by atoms with Crippen molar-refractivity contribution >= 4 is 27.3 Å². The summed E-state index contributed by atoms with van der Waals surface area (Å²) >= 11 is 0.